The number of carbonyl (C=O) groups excluding carboxylic acids is 2. The van der Waals surface area contributed by atoms with Gasteiger partial charge in [0.05, 0.1) is 10.5 Å². The lowest BCUT2D eigenvalue weighted by atomic mass is 9.87. The molecule has 0 spiro atoms. The number of rotatable bonds is 5. The van der Waals surface area contributed by atoms with Crippen molar-refractivity contribution >= 4 is 29.2 Å². The fraction of sp³-hybridized carbons (Fsp3) is 0.500. The van der Waals surface area contributed by atoms with E-state index in [0.29, 0.717) is 5.92 Å². The first-order valence-electron chi connectivity index (χ1n) is 7.77. The van der Waals surface area contributed by atoms with Gasteiger partial charge in [0.25, 0.3) is 11.6 Å². The predicted octanol–water partition coefficient (Wildman–Crippen LogP) is 3.10. The van der Waals surface area contributed by atoms with E-state index in [-0.39, 0.29) is 28.2 Å². The van der Waals surface area contributed by atoms with E-state index in [4.69, 9.17) is 16.3 Å². The maximum atomic E-state index is 11.9. The van der Waals surface area contributed by atoms with Crippen molar-refractivity contribution in [3.05, 3.63) is 38.9 Å². The van der Waals surface area contributed by atoms with Crippen LogP contribution in [0.1, 0.15) is 43.0 Å². The van der Waals surface area contributed by atoms with Gasteiger partial charge in [0, 0.05) is 12.1 Å². The van der Waals surface area contributed by atoms with Crippen molar-refractivity contribution < 1.29 is 19.2 Å². The smallest absolute Gasteiger partial charge is 0.338 e. The van der Waals surface area contributed by atoms with Crippen LogP contribution in [0.15, 0.2) is 18.2 Å². The molecule has 1 amide bonds. The Morgan fingerprint density at radius 1 is 1.33 bits per heavy atom. The summed E-state index contributed by atoms with van der Waals surface area (Å²) in [6, 6.07) is 3.71. The second kappa shape index (κ2) is 8.10. The molecule has 0 atom stereocenters. The number of esters is 1. The molecule has 1 fully saturated rings. The quantitative estimate of drug-likeness (QED) is 0.497. The summed E-state index contributed by atoms with van der Waals surface area (Å²) in [6.07, 6.45) is 3.98. The summed E-state index contributed by atoms with van der Waals surface area (Å²) in [7, 11) is 0. The zero-order chi connectivity index (χ0) is 17.7. The SMILES string of the molecule is CC1CCC(NC(=O)COC(=O)c2ccc(Cl)c([N+](=O)[O-])c2)CC1. The second-order valence-electron chi connectivity index (χ2n) is 6.02. The summed E-state index contributed by atoms with van der Waals surface area (Å²) in [5.41, 5.74) is -0.405. The number of nitrogens with zero attached hydrogens (tertiary/aromatic N) is 1. The first-order chi connectivity index (χ1) is 11.4. The molecule has 0 aliphatic heterocycles. The van der Waals surface area contributed by atoms with Crippen molar-refractivity contribution in [1.82, 2.24) is 5.32 Å². The van der Waals surface area contributed by atoms with Crippen LogP contribution in [0.3, 0.4) is 0 Å². The Bertz CT molecular complexity index is 641. The van der Waals surface area contributed by atoms with Crippen LogP contribution in [-0.2, 0) is 9.53 Å². The lowest BCUT2D eigenvalue weighted by Crippen LogP contribution is -2.39. The first-order valence-corrected chi connectivity index (χ1v) is 8.15. The summed E-state index contributed by atoms with van der Waals surface area (Å²) in [4.78, 5) is 33.9. The second-order valence-corrected chi connectivity index (χ2v) is 6.43. The van der Waals surface area contributed by atoms with Crippen LogP contribution in [0.25, 0.3) is 0 Å². The average molecular weight is 355 g/mol. The van der Waals surface area contributed by atoms with Crippen molar-refractivity contribution in [2.45, 2.75) is 38.6 Å². The number of hydrogen-bond donors (Lipinski definition) is 1. The van der Waals surface area contributed by atoms with Gasteiger partial charge in [-0.05, 0) is 43.7 Å². The number of nitrogens with one attached hydrogen (secondary N) is 1. The van der Waals surface area contributed by atoms with Crippen molar-refractivity contribution in [1.29, 1.82) is 0 Å². The lowest BCUT2D eigenvalue weighted by Gasteiger charge is -2.26. The molecule has 1 N–H and O–H groups in total. The molecule has 8 heteroatoms. The van der Waals surface area contributed by atoms with Crippen molar-refractivity contribution in [3.8, 4) is 0 Å². The fourth-order valence-electron chi connectivity index (χ4n) is 2.67. The van der Waals surface area contributed by atoms with E-state index in [1.807, 2.05) is 0 Å². The molecule has 0 bridgehead atoms. The molecule has 24 heavy (non-hydrogen) atoms. The van der Waals surface area contributed by atoms with Gasteiger partial charge in [0.1, 0.15) is 5.02 Å². The topological polar surface area (TPSA) is 98.5 Å². The van der Waals surface area contributed by atoms with Crippen LogP contribution >= 0.6 is 11.6 Å². The number of halogens is 1. The largest absolute Gasteiger partial charge is 0.452 e. The van der Waals surface area contributed by atoms with Crippen LogP contribution < -0.4 is 5.32 Å². The highest BCUT2D eigenvalue weighted by atomic mass is 35.5. The Kier molecular flexibility index (Phi) is 6.14. The molecule has 1 aliphatic rings. The van der Waals surface area contributed by atoms with Crippen LogP contribution in [0.4, 0.5) is 5.69 Å². The number of nitro groups is 1. The minimum Gasteiger partial charge on any atom is -0.452 e. The van der Waals surface area contributed by atoms with Crippen LogP contribution in [-0.4, -0.2) is 29.4 Å². The third-order valence-electron chi connectivity index (χ3n) is 4.09. The van der Waals surface area contributed by atoms with E-state index in [0.717, 1.165) is 31.7 Å². The highest BCUT2D eigenvalue weighted by Gasteiger charge is 2.21. The number of benzene rings is 1. The molecule has 2 rings (SSSR count). The fourth-order valence-corrected chi connectivity index (χ4v) is 2.85. The van der Waals surface area contributed by atoms with Gasteiger partial charge >= 0.3 is 5.97 Å². The van der Waals surface area contributed by atoms with Gasteiger partial charge < -0.3 is 10.1 Å². The molecular formula is C16H19ClN2O5. The van der Waals surface area contributed by atoms with Gasteiger partial charge in [-0.15, -0.1) is 0 Å². The summed E-state index contributed by atoms with van der Waals surface area (Å²) in [5.74, 6) is -0.495. The summed E-state index contributed by atoms with van der Waals surface area (Å²) >= 11 is 5.68. The van der Waals surface area contributed by atoms with Gasteiger partial charge in [-0.3, -0.25) is 14.9 Å². The highest BCUT2D eigenvalue weighted by molar-refractivity contribution is 6.32. The highest BCUT2D eigenvalue weighted by Crippen LogP contribution is 2.25. The molecule has 0 saturated heterocycles. The molecule has 130 valence electrons. The molecule has 0 radical (unpaired) electrons. The molecule has 1 aliphatic carbocycles. The van der Waals surface area contributed by atoms with Crippen molar-refractivity contribution in [3.63, 3.8) is 0 Å². The molecule has 0 heterocycles. The summed E-state index contributed by atoms with van der Waals surface area (Å²) in [5, 5.41) is 13.6. The number of carbonyl (C=O) groups is 2. The van der Waals surface area contributed by atoms with E-state index in [9.17, 15) is 19.7 Å². The third-order valence-corrected chi connectivity index (χ3v) is 4.41. The summed E-state index contributed by atoms with van der Waals surface area (Å²) < 4.78 is 4.91. The first kappa shape index (κ1) is 18.2. The zero-order valence-corrected chi connectivity index (χ0v) is 14.0. The Balaban J connectivity index is 1.85. The normalized spacial score (nSPS) is 20.2. The molecule has 1 saturated carbocycles. The van der Waals surface area contributed by atoms with Crippen LogP contribution in [0.5, 0.6) is 0 Å². The van der Waals surface area contributed by atoms with E-state index in [1.165, 1.54) is 12.1 Å². The molecule has 0 aromatic heterocycles. The van der Waals surface area contributed by atoms with E-state index in [1.54, 1.807) is 0 Å². The summed E-state index contributed by atoms with van der Waals surface area (Å²) in [6.45, 7) is 1.77. The maximum absolute atomic E-state index is 11.9. The third kappa shape index (κ3) is 4.92. The zero-order valence-electron chi connectivity index (χ0n) is 13.3. The van der Waals surface area contributed by atoms with E-state index < -0.39 is 17.5 Å². The maximum Gasteiger partial charge on any atom is 0.338 e. The molecular weight excluding hydrogens is 336 g/mol. The Morgan fingerprint density at radius 2 is 2.00 bits per heavy atom. The van der Waals surface area contributed by atoms with Gasteiger partial charge in [0.15, 0.2) is 6.61 Å². The molecule has 1 aromatic carbocycles. The Hall–Kier alpha value is -2.15. The average Bonchev–Trinajstić information content (AvgIpc) is 2.55. The minimum absolute atomic E-state index is 0.0228. The number of ether oxygens (including phenoxy) is 1. The Morgan fingerprint density at radius 3 is 2.62 bits per heavy atom. The van der Waals surface area contributed by atoms with Gasteiger partial charge in [-0.2, -0.15) is 0 Å². The number of amides is 1. The minimum atomic E-state index is -0.804. The van der Waals surface area contributed by atoms with E-state index in [2.05, 4.69) is 12.2 Å². The number of hydrogen-bond acceptors (Lipinski definition) is 5. The van der Waals surface area contributed by atoms with Gasteiger partial charge in [0.2, 0.25) is 0 Å². The van der Waals surface area contributed by atoms with Crippen LogP contribution in [0, 0.1) is 16.0 Å². The molecule has 0 unspecified atom stereocenters. The molecule has 1 aromatic rings. The van der Waals surface area contributed by atoms with Gasteiger partial charge in [-0.25, -0.2) is 4.79 Å². The standard InChI is InChI=1S/C16H19ClN2O5/c1-10-2-5-12(6-3-10)18-15(20)9-24-16(21)11-4-7-13(17)14(8-11)19(22)23/h4,7-8,10,12H,2-3,5-6,9H2,1H3,(H,18,20). The van der Waals surface area contributed by atoms with Gasteiger partial charge in [-0.1, -0.05) is 18.5 Å². The molecule has 7 nitrogen and oxygen atoms in total. The lowest BCUT2D eigenvalue weighted by molar-refractivity contribution is -0.384. The predicted molar refractivity (Wildman–Crippen MR) is 88.0 cm³/mol. The Labute approximate surface area is 144 Å². The van der Waals surface area contributed by atoms with Crippen LogP contribution in [0.2, 0.25) is 5.02 Å². The van der Waals surface area contributed by atoms with Crippen molar-refractivity contribution in [2.24, 2.45) is 5.92 Å². The van der Waals surface area contributed by atoms with Crippen molar-refractivity contribution in [2.75, 3.05) is 6.61 Å². The monoisotopic (exact) mass is 354 g/mol. The number of nitro benzene ring substituents is 1. The van der Waals surface area contributed by atoms with E-state index >= 15 is 0 Å².